The van der Waals surface area contributed by atoms with E-state index in [1.807, 2.05) is 20.8 Å². The van der Waals surface area contributed by atoms with Crippen molar-refractivity contribution in [2.24, 2.45) is 0 Å². The van der Waals surface area contributed by atoms with Crippen molar-refractivity contribution in [2.75, 3.05) is 18.0 Å². The van der Waals surface area contributed by atoms with E-state index in [1.165, 1.54) is 11.3 Å². The van der Waals surface area contributed by atoms with E-state index in [-0.39, 0.29) is 22.6 Å². The molecule has 1 N–H and O–H groups in total. The number of ether oxygens (including phenoxy) is 2. The van der Waals surface area contributed by atoms with Crippen LogP contribution >= 0.6 is 0 Å². The topological polar surface area (TPSA) is 50.8 Å². The molecule has 0 unspecified atom stereocenters. The minimum atomic E-state index is -0.425. The normalized spacial score (nSPS) is 13.2. The second-order valence-corrected chi connectivity index (χ2v) is 12.3. The van der Waals surface area contributed by atoms with Crippen LogP contribution in [0.2, 0.25) is 0 Å². The molecule has 184 valence electrons. The van der Waals surface area contributed by atoms with E-state index < -0.39 is 5.60 Å². The molecule has 0 bridgehead atoms. The molecular formula is C27H48N2O3. The summed E-state index contributed by atoms with van der Waals surface area (Å²) >= 11 is 0. The maximum absolute atomic E-state index is 11.9. The molecule has 0 heterocycles. The summed E-state index contributed by atoms with van der Waals surface area (Å²) < 4.78 is 11.3. The van der Waals surface area contributed by atoms with Crippen LogP contribution < -0.4 is 10.2 Å². The number of hydrogen-bond acceptors (Lipinski definition) is 5. The van der Waals surface area contributed by atoms with Crippen molar-refractivity contribution in [3.8, 4) is 0 Å². The van der Waals surface area contributed by atoms with Crippen LogP contribution in [0.3, 0.4) is 0 Å². The van der Waals surface area contributed by atoms with E-state index in [2.05, 4.69) is 89.9 Å². The van der Waals surface area contributed by atoms with Gasteiger partial charge in [0.05, 0.1) is 12.2 Å². The van der Waals surface area contributed by atoms with Gasteiger partial charge < -0.3 is 19.7 Å². The molecule has 0 aliphatic rings. The zero-order valence-electron chi connectivity index (χ0n) is 22.5. The molecule has 5 nitrogen and oxygen atoms in total. The molecule has 32 heavy (non-hydrogen) atoms. The van der Waals surface area contributed by atoms with Crippen LogP contribution in [0.5, 0.6) is 0 Å². The predicted molar refractivity (Wildman–Crippen MR) is 135 cm³/mol. The molecule has 0 saturated heterocycles. The molecule has 0 fully saturated rings. The molecule has 1 rings (SSSR count). The quantitative estimate of drug-likeness (QED) is 0.346. The van der Waals surface area contributed by atoms with E-state index in [0.717, 1.165) is 19.5 Å². The number of hydrogen-bond donors (Lipinski definition) is 1. The Morgan fingerprint density at radius 2 is 1.44 bits per heavy atom. The van der Waals surface area contributed by atoms with Gasteiger partial charge in [-0.05, 0) is 107 Å². The molecule has 0 amide bonds. The van der Waals surface area contributed by atoms with Gasteiger partial charge in [-0.15, -0.1) is 0 Å². The summed E-state index contributed by atoms with van der Waals surface area (Å²) in [6.07, 6.45) is 1.19. The van der Waals surface area contributed by atoms with E-state index in [4.69, 9.17) is 9.47 Å². The highest BCUT2D eigenvalue weighted by Gasteiger charge is 2.29. The van der Waals surface area contributed by atoms with Crippen LogP contribution in [-0.2, 0) is 20.9 Å². The van der Waals surface area contributed by atoms with Crippen molar-refractivity contribution in [2.45, 2.75) is 118 Å². The first-order chi connectivity index (χ1) is 14.4. The summed E-state index contributed by atoms with van der Waals surface area (Å²) in [6, 6.07) is 8.68. The number of nitrogens with zero attached hydrogens (tertiary/aromatic N) is 1. The van der Waals surface area contributed by atoms with Crippen LogP contribution in [0, 0.1) is 0 Å². The van der Waals surface area contributed by atoms with Crippen LogP contribution in [0.25, 0.3) is 0 Å². The Labute approximate surface area is 197 Å². The summed E-state index contributed by atoms with van der Waals surface area (Å²) in [5.41, 5.74) is 1.66. The van der Waals surface area contributed by atoms with Crippen molar-refractivity contribution in [1.82, 2.24) is 5.32 Å². The Bertz CT molecular complexity index is 704. The third-order valence-electron chi connectivity index (χ3n) is 4.86. The monoisotopic (exact) mass is 448 g/mol. The summed E-state index contributed by atoms with van der Waals surface area (Å²) in [6.45, 7) is 25.3. The summed E-state index contributed by atoms with van der Waals surface area (Å²) in [7, 11) is 0. The summed E-state index contributed by atoms with van der Waals surface area (Å²) in [4.78, 5) is 14.4. The van der Waals surface area contributed by atoms with Crippen molar-refractivity contribution in [1.29, 1.82) is 0 Å². The molecule has 1 aromatic carbocycles. The van der Waals surface area contributed by atoms with Crippen molar-refractivity contribution < 1.29 is 14.3 Å². The summed E-state index contributed by atoms with van der Waals surface area (Å²) in [5, 5.41) is 3.63. The predicted octanol–water partition coefficient (Wildman–Crippen LogP) is 6.10. The fourth-order valence-corrected chi connectivity index (χ4v) is 3.29. The minimum absolute atomic E-state index is 0.0289. The summed E-state index contributed by atoms with van der Waals surface area (Å²) in [5.74, 6) is -0.135. The lowest BCUT2D eigenvalue weighted by Gasteiger charge is -2.43. The van der Waals surface area contributed by atoms with Gasteiger partial charge in [-0.25, -0.2) is 0 Å². The van der Waals surface area contributed by atoms with E-state index in [0.29, 0.717) is 13.0 Å². The molecule has 0 aliphatic heterocycles. The zero-order valence-corrected chi connectivity index (χ0v) is 22.5. The Morgan fingerprint density at radius 3 is 1.91 bits per heavy atom. The molecular weight excluding hydrogens is 400 g/mol. The van der Waals surface area contributed by atoms with E-state index in [1.54, 1.807) is 0 Å². The first-order valence-corrected chi connectivity index (χ1v) is 11.9. The molecule has 0 radical (unpaired) electrons. The number of esters is 1. The lowest BCUT2D eigenvalue weighted by Crippen LogP contribution is -2.54. The highest BCUT2D eigenvalue weighted by atomic mass is 16.6. The SMILES string of the molecule is CC(C)(CN(c1ccc(COC(C)(C)C)cc1)C(C)(C)C)NCCCC(=O)OC(C)(C)C. The Morgan fingerprint density at radius 1 is 0.875 bits per heavy atom. The molecule has 0 aliphatic carbocycles. The van der Waals surface area contributed by atoms with Gasteiger partial charge >= 0.3 is 5.97 Å². The fraction of sp³-hybridized carbons (Fsp3) is 0.741. The smallest absolute Gasteiger partial charge is 0.306 e. The highest BCUT2D eigenvalue weighted by Crippen LogP contribution is 2.27. The highest BCUT2D eigenvalue weighted by molar-refractivity contribution is 5.69. The van der Waals surface area contributed by atoms with Gasteiger partial charge in [0.2, 0.25) is 0 Å². The number of carbonyl (C=O) groups excluding carboxylic acids is 1. The molecule has 1 aromatic rings. The van der Waals surface area contributed by atoms with Gasteiger partial charge in [-0.3, -0.25) is 4.79 Å². The third kappa shape index (κ3) is 11.9. The number of carbonyl (C=O) groups is 1. The Hall–Kier alpha value is -1.59. The van der Waals surface area contributed by atoms with Gasteiger partial charge in [0, 0.05) is 29.7 Å². The number of anilines is 1. The average molecular weight is 449 g/mol. The van der Waals surface area contributed by atoms with Gasteiger partial charge in [-0.2, -0.15) is 0 Å². The molecule has 0 saturated carbocycles. The number of benzene rings is 1. The van der Waals surface area contributed by atoms with Crippen LogP contribution in [0.1, 0.15) is 94.6 Å². The first kappa shape index (κ1) is 28.4. The van der Waals surface area contributed by atoms with Crippen LogP contribution in [-0.4, -0.2) is 41.3 Å². The lowest BCUT2D eigenvalue weighted by atomic mass is 9.97. The van der Waals surface area contributed by atoms with Crippen molar-refractivity contribution in [3.63, 3.8) is 0 Å². The largest absolute Gasteiger partial charge is 0.460 e. The molecule has 0 spiro atoms. The minimum Gasteiger partial charge on any atom is -0.460 e. The fourth-order valence-electron chi connectivity index (χ4n) is 3.29. The van der Waals surface area contributed by atoms with Crippen LogP contribution in [0.4, 0.5) is 5.69 Å². The van der Waals surface area contributed by atoms with Crippen molar-refractivity contribution >= 4 is 11.7 Å². The van der Waals surface area contributed by atoms with Gasteiger partial charge in [0.1, 0.15) is 5.60 Å². The number of rotatable bonds is 10. The van der Waals surface area contributed by atoms with Gasteiger partial charge in [0.15, 0.2) is 0 Å². The third-order valence-corrected chi connectivity index (χ3v) is 4.86. The van der Waals surface area contributed by atoms with Gasteiger partial charge in [0.25, 0.3) is 0 Å². The average Bonchev–Trinajstić information content (AvgIpc) is 2.59. The maximum atomic E-state index is 11.9. The Balaban J connectivity index is 2.71. The Kier molecular flexibility index (Phi) is 9.80. The van der Waals surface area contributed by atoms with Gasteiger partial charge in [-0.1, -0.05) is 12.1 Å². The molecule has 5 heteroatoms. The second kappa shape index (κ2) is 11.0. The van der Waals surface area contributed by atoms with E-state index >= 15 is 0 Å². The van der Waals surface area contributed by atoms with Crippen molar-refractivity contribution in [3.05, 3.63) is 29.8 Å². The maximum Gasteiger partial charge on any atom is 0.306 e. The molecule has 0 atom stereocenters. The first-order valence-electron chi connectivity index (χ1n) is 11.9. The lowest BCUT2D eigenvalue weighted by molar-refractivity contribution is -0.154. The van der Waals surface area contributed by atoms with E-state index in [9.17, 15) is 4.79 Å². The van der Waals surface area contributed by atoms with Crippen LogP contribution in [0.15, 0.2) is 24.3 Å². The molecule has 0 aromatic heterocycles. The zero-order chi connectivity index (χ0) is 24.8. The standard InChI is InChI=1S/C27H48N2O3/c1-24(2,3)29(22-16-14-21(15-17-22)19-31-25(4,5)6)20-27(10,11)28-18-12-13-23(30)32-26(7,8)9/h14-17,28H,12-13,18-20H2,1-11H3. The number of nitrogens with one attached hydrogen (secondary N) is 1. The second-order valence-electron chi connectivity index (χ2n) is 12.3.